The zero-order valence-corrected chi connectivity index (χ0v) is 13.1. The zero-order valence-electron chi connectivity index (χ0n) is 13.1. The van der Waals surface area contributed by atoms with Gasteiger partial charge in [0.15, 0.2) is 5.78 Å². The molecule has 0 saturated carbocycles. The molecular formula is C17H24N2O2. The minimum Gasteiger partial charge on any atom is -0.316 e. The molecule has 114 valence electrons. The fourth-order valence-electron chi connectivity index (χ4n) is 2.67. The van der Waals surface area contributed by atoms with Crippen LogP contribution in [0.25, 0.3) is 0 Å². The maximum atomic E-state index is 12.3. The highest BCUT2D eigenvalue weighted by Crippen LogP contribution is 2.21. The van der Waals surface area contributed by atoms with Gasteiger partial charge in [0.1, 0.15) is 0 Å². The molecular weight excluding hydrogens is 264 g/mol. The average Bonchev–Trinajstić information content (AvgIpc) is 2.98. The molecule has 0 radical (unpaired) electrons. The van der Waals surface area contributed by atoms with Gasteiger partial charge in [-0.1, -0.05) is 26.0 Å². The van der Waals surface area contributed by atoms with Crippen LogP contribution >= 0.6 is 0 Å². The van der Waals surface area contributed by atoms with E-state index >= 15 is 0 Å². The van der Waals surface area contributed by atoms with E-state index in [-0.39, 0.29) is 17.6 Å². The first-order valence-corrected chi connectivity index (χ1v) is 7.60. The molecule has 1 saturated heterocycles. The Bertz CT molecular complexity index is 519. The van der Waals surface area contributed by atoms with Gasteiger partial charge in [-0.25, -0.2) is 0 Å². The summed E-state index contributed by atoms with van der Waals surface area (Å²) in [6, 6.07) is 7.38. The van der Waals surface area contributed by atoms with E-state index in [0.29, 0.717) is 17.9 Å². The van der Waals surface area contributed by atoms with Crippen LogP contribution in [-0.2, 0) is 4.79 Å². The van der Waals surface area contributed by atoms with E-state index in [2.05, 4.69) is 5.32 Å². The van der Waals surface area contributed by atoms with Gasteiger partial charge in [0.2, 0.25) is 5.91 Å². The summed E-state index contributed by atoms with van der Waals surface area (Å²) in [4.78, 5) is 26.0. The topological polar surface area (TPSA) is 49.4 Å². The van der Waals surface area contributed by atoms with Gasteiger partial charge < -0.3 is 10.2 Å². The predicted octanol–water partition coefficient (Wildman–Crippen LogP) is 2.49. The van der Waals surface area contributed by atoms with Crippen LogP contribution in [0.4, 0.5) is 5.69 Å². The van der Waals surface area contributed by atoms with Crippen molar-refractivity contribution in [2.75, 3.05) is 25.0 Å². The van der Waals surface area contributed by atoms with Crippen LogP contribution < -0.4 is 10.2 Å². The largest absolute Gasteiger partial charge is 0.316 e. The molecule has 21 heavy (non-hydrogen) atoms. The van der Waals surface area contributed by atoms with Gasteiger partial charge in [0, 0.05) is 30.6 Å². The summed E-state index contributed by atoms with van der Waals surface area (Å²) < 4.78 is 0. The Labute approximate surface area is 126 Å². The van der Waals surface area contributed by atoms with E-state index in [0.717, 1.165) is 25.2 Å². The standard InChI is InChI=1S/C17H24N2O2/c1-12(2)17(21)19(3)15-6-4-5-14(10-15)16(20)9-13-7-8-18-11-13/h4-6,10,12-13,18H,7-9,11H2,1-3H3/t13-/m0/s1. The molecule has 1 N–H and O–H groups in total. The number of anilines is 1. The number of hydrogen-bond acceptors (Lipinski definition) is 3. The smallest absolute Gasteiger partial charge is 0.229 e. The van der Waals surface area contributed by atoms with Gasteiger partial charge in [0.25, 0.3) is 0 Å². The van der Waals surface area contributed by atoms with Crippen LogP contribution in [0.2, 0.25) is 0 Å². The van der Waals surface area contributed by atoms with Gasteiger partial charge >= 0.3 is 0 Å². The van der Waals surface area contributed by atoms with Crippen molar-refractivity contribution in [3.8, 4) is 0 Å². The fourth-order valence-corrected chi connectivity index (χ4v) is 2.67. The molecule has 1 aliphatic heterocycles. The van der Waals surface area contributed by atoms with Crippen LogP contribution in [0.3, 0.4) is 0 Å². The summed E-state index contributed by atoms with van der Waals surface area (Å²) in [7, 11) is 1.76. The van der Waals surface area contributed by atoms with Crippen LogP contribution in [0, 0.1) is 11.8 Å². The van der Waals surface area contributed by atoms with Crippen molar-refractivity contribution in [1.82, 2.24) is 5.32 Å². The van der Waals surface area contributed by atoms with E-state index < -0.39 is 0 Å². The lowest BCUT2D eigenvalue weighted by Crippen LogP contribution is -2.30. The predicted molar refractivity (Wildman–Crippen MR) is 84.6 cm³/mol. The van der Waals surface area contributed by atoms with E-state index in [1.165, 1.54) is 0 Å². The summed E-state index contributed by atoms with van der Waals surface area (Å²) in [5.41, 5.74) is 1.48. The van der Waals surface area contributed by atoms with E-state index in [4.69, 9.17) is 0 Å². The minimum absolute atomic E-state index is 0.0552. The highest BCUT2D eigenvalue weighted by molar-refractivity contribution is 5.99. The molecule has 0 spiro atoms. The molecule has 1 amide bonds. The first kappa shape index (κ1) is 15.7. The minimum atomic E-state index is -0.0566. The summed E-state index contributed by atoms with van der Waals surface area (Å²) in [5, 5.41) is 3.28. The van der Waals surface area contributed by atoms with Crippen molar-refractivity contribution in [3.63, 3.8) is 0 Å². The van der Waals surface area contributed by atoms with Crippen LogP contribution in [0.1, 0.15) is 37.0 Å². The fraction of sp³-hybridized carbons (Fsp3) is 0.529. The van der Waals surface area contributed by atoms with E-state index in [9.17, 15) is 9.59 Å². The maximum absolute atomic E-state index is 12.3. The Morgan fingerprint density at radius 3 is 2.76 bits per heavy atom. The molecule has 1 aromatic carbocycles. The maximum Gasteiger partial charge on any atom is 0.229 e. The normalized spacial score (nSPS) is 18.0. The number of hydrogen-bond donors (Lipinski definition) is 1. The Morgan fingerprint density at radius 1 is 1.38 bits per heavy atom. The summed E-state index contributed by atoms with van der Waals surface area (Å²) in [6.07, 6.45) is 1.65. The number of nitrogens with zero attached hydrogens (tertiary/aromatic N) is 1. The summed E-state index contributed by atoms with van der Waals surface area (Å²) in [6.45, 7) is 5.68. The van der Waals surface area contributed by atoms with Gasteiger partial charge in [-0.05, 0) is 37.6 Å². The molecule has 2 rings (SSSR count). The molecule has 0 aromatic heterocycles. The number of Topliss-reactive ketones (excluding diaryl/α,β-unsaturated/α-hetero) is 1. The van der Waals surface area contributed by atoms with Crippen LogP contribution in [-0.4, -0.2) is 31.8 Å². The van der Waals surface area contributed by atoms with Crippen molar-refractivity contribution >= 4 is 17.4 Å². The van der Waals surface area contributed by atoms with Gasteiger partial charge in [-0.2, -0.15) is 0 Å². The molecule has 4 heteroatoms. The van der Waals surface area contributed by atoms with Crippen LogP contribution in [0.15, 0.2) is 24.3 Å². The second-order valence-electron chi connectivity index (χ2n) is 6.09. The Balaban J connectivity index is 2.09. The number of amides is 1. The van der Waals surface area contributed by atoms with Crippen molar-refractivity contribution < 1.29 is 9.59 Å². The third-order valence-corrected chi connectivity index (χ3v) is 4.02. The molecule has 1 aromatic rings. The average molecular weight is 288 g/mol. The van der Waals surface area contributed by atoms with E-state index in [1.54, 1.807) is 11.9 Å². The van der Waals surface area contributed by atoms with Crippen molar-refractivity contribution in [3.05, 3.63) is 29.8 Å². The lowest BCUT2D eigenvalue weighted by Gasteiger charge is -2.20. The SMILES string of the molecule is CC(C)C(=O)N(C)c1cccc(C(=O)C[C@@H]2CCNC2)c1. The van der Waals surface area contributed by atoms with E-state index in [1.807, 2.05) is 38.1 Å². The molecule has 0 aliphatic carbocycles. The first-order chi connectivity index (χ1) is 9.99. The monoisotopic (exact) mass is 288 g/mol. The van der Waals surface area contributed by atoms with Crippen molar-refractivity contribution in [1.29, 1.82) is 0 Å². The second-order valence-corrected chi connectivity index (χ2v) is 6.09. The Hall–Kier alpha value is -1.68. The summed E-state index contributed by atoms with van der Waals surface area (Å²) >= 11 is 0. The Morgan fingerprint density at radius 2 is 2.14 bits per heavy atom. The van der Waals surface area contributed by atoms with Gasteiger partial charge in [-0.15, -0.1) is 0 Å². The number of nitrogens with one attached hydrogen (secondary N) is 1. The third kappa shape index (κ3) is 3.91. The molecule has 4 nitrogen and oxygen atoms in total. The lowest BCUT2D eigenvalue weighted by molar-refractivity contribution is -0.121. The molecule has 1 aliphatic rings. The van der Waals surface area contributed by atoms with Gasteiger partial charge in [0.05, 0.1) is 0 Å². The number of rotatable bonds is 5. The van der Waals surface area contributed by atoms with Crippen LogP contribution in [0.5, 0.6) is 0 Å². The second kappa shape index (κ2) is 6.85. The quantitative estimate of drug-likeness (QED) is 0.847. The number of carbonyl (C=O) groups excluding carboxylic acids is 2. The third-order valence-electron chi connectivity index (χ3n) is 4.02. The highest BCUT2D eigenvalue weighted by atomic mass is 16.2. The lowest BCUT2D eigenvalue weighted by atomic mass is 9.97. The molecule has 0 bridgehead atoms. The molecule has 0 unspecified atom stereocenters. The first-order valence-electron chi connectivity index (χ1n) is 7.60. The molecule has 1 atom stereocenters. The number of ketones is 1. The molecule has 1 heterocycles. The zero-order chi connectivity index (χ0) is 15.4. The van der Waals surface area contributed by atoms with Crippen molar-refractivity contribution in [2.24, 2.45) is 11.8 Å². The number of carbonyl (C=O) groups is 2. The van der Waals surface area contributed by atoms with Gasteiger partial charge in [-0.3, -0.25) is 9.59 Å². The van der Waals surface area contributed by atoms with Crippen molar-refractivity contribution in [2.45, 2.75) is 26.7 Å². The number of benzene rings is 1. The summed E-state index contributed by atoms with van der Waals surface area (Å²) in [5.74, 6) is 0.602. The molecule has 1 fully saturated rings. The highest BCUT2D eigenvalue weighted by Gasteiger charge is 2.20. The Kier molecular flexibility index (Phi) is 5.12.